The molecule has 1 N–H and O–H groups in total. The molecule has 1 amide bonds. The summed E-state index contributed by atoms with van der Waals surface area (Å²) in [4.78, 5) is 16.7. The van der Waals surface area contributed by atoms with Crippen molar-refractivity contribution in [3.8, 4) is 0 Å². The van der Waals surface area contributed by atoms with Crippen molar-refractivity contribution in [1.82, 2.24) is 4.98 Å². The third-order valence-corrected chi connectivity index (χ3v) is 20.8. The molecule has 0 fully saturated rings. The molecule has 1 heterocycles. The van der Waals surface area contributed by atoms with Gasteiger partial charge < -0.3 is 0 Å². The second-order valence-corrected chi connectivity index (χ2v) is 21.8. The number of anilines is 1. The van der Waals surface area contributed by atoms with E-state index in [1.165, 1.54) is 55.4 Å². The van der Waals surface area contributed by atoms with Gasteiger partial charge in [0.15, 0.2) is 0 Å². The molecule has 5 heteroatoms. The number of nitrogens with zero attached hydrogens (tertiary/aromatic N) is 1. The fourth-order valence-corrected chi connectivity index (χ4v) is 20.2. The van der Waals surface area contributed by atoms with Gasteiger partial charge in [0.1, 0.15) is 0 Å². The number of nitrogens with one attached hydrogen (secondary N) is 1. The fraction of sp³-hybridized carbons (Fsp3) is 0.727. The van der Waals surface area contributed by atoms with Crippen molar-refractivity contribution < 1.29 is 9.53 Å². The van der Waals surface area contributed by atoms with Gasteiger partial charge in [-0.1, -0.05) is 0 Å². The summed E-state index contributed by atoms with van der Waals surface area (Å²) in [6.45, 7) is 12.5. The molecule has 0 saturated carbocycles. The second kappa shape index (κ2) is 11.9. The first-order valence-electron chi connectivity index (χ1n) is 10.7. The maximum atomic E-state index is 12.4. The van der Waals surface area contributed by atoms with Crippen LogP contribution in [-0.2, 0) is 4.74 Å². The van der Waals surface area contributed by atoms with Gasteiger partial charge in [-0.25, -0.2) is 0 Å². The molecule has 0 unspecified atom stereocenters. The van der Waals surface area contributed by atoms with Gasteiger partial charge in [0, 0.05) is 0 Å². The van der Waals surface area contributed by atoms with Crippen molar-refractivity contribution in [2.24, 2.45) is 0 Å². The van der Waals surface area contributed by atoms with Crippen LogP contribution in [0.1, 0.15) is 80.1 Å². The number of hydrogen-bond donors (Lipinski definition) is 1. The first kappa shape index (κ1) is 24.3. The molecule has 0 aliphatic rings. The topological polar surface area (TPSA) is 51.2 Å². The van der Waals surface area contributed by atoms with Gasteiger partial charge in [0.2, 0.25) is 0 Å². The molecule has 0 radical (unpaired) electrons. The Bertz CT molecular complexity index is 548. The Balaban J connectivity index is 3.24. The third-order valence-electron chi connectivity index (χ3n) is 5.05. The molecular weight excluding hydrogens is 443 g/mol. The number of pyridine rings is 1. The molecule has 0 spiro atoms. The molecule has 0 atom stereocenters. The molecule has 1 rings (SSSR count). The Labute approximate surface area is 170 Å². The Morgan fingerprint density at radius 3 is 2.00 bits per heavy atom. The van der Waals surface area contributed by atoms with E-state index >= 15 is 0 Å². The zero-order valence-electron chi connectivity index (χ0n) is 18.4. The Morgan fingerprint density at radius 2 is 1.56 bits per heavy atom. The zero-order valence-corrected chi connectivity index (χ0v) is 21.2. The fourth-order valence-electron chi connectivity index (χ4n) is 3.69. The minimum absolute atomic E-state index is 0.376. The molecule has 0 aromatic carbocycles. The van der Waals surface area contributed by atoms with Gasteiger partial charge in [-0.2, -0.15) is 0 Å². The van der Waals surface area contributed by atoms with Crippen molar-refractivity contribution in [3.05, 3.63) is 18.5 Å². The molecule has 4 nitrogen and oxygen atoms in total. The van der Waals surface area contributed by atoms with E-state index in [-0.39, 0.29) is 6.09 Å². The Hall–Kier alpha value is -0.781. The molecule has 0 aliphatic heterocycles. The second-order valence-electron chi connectivity index (χ2n) is 8.64. The van der Waals surface area contributed by atoms with Gasteiger partial charge in [-0.15, -0.1) is 0 Å². The summed E-state index contributed by atoms with van der Waals surface area (Å²) in [6, 6.07) is 2.20. The van der Waals surface area contributed by atoms with Crippen molar-refractivity contribution in [2.75, 3.05) is 5.32 Å². The Morgan fingerprint density at radius 1 is 1.04 bits per heavy atom. The summed E-state index contributed by atoms with van der Waals surface area (Å²) in [7, 11) is 0. The molecular formula is C22H40N2O2Sn. The van der Waals surface area contributed by atoms with E-state index in [9.17, 15) is 4.79 Å². The summed E-state index contributed by atoms with van der Waals surface area (Å²) >= 11 is -2.64. The van der Waals surface area contributed by atoms with Crippen LogP contribution in [0.4, 0.5) is 10.5 Å². The molecule has 1 aromatic rings. The zero-order chi connectivity index (χ0) is 20.3. The number of unbranched alkanes of at least 4 members (excludes halogenated alkanes) is 3. The number of ether oxygens (including phenoxy) is 1. The molecule has 27 heavy (non-hydrogen) atoms. The number of hydrogen-bond acceptors (Lipinski definition) is 3. The summed E-state index contributed by atoms with van der Waals surface area (Å²) in [5, 5.41) is 3.03. The van der Waals surface area contributed by atoms with Crippen molar-refractivity contribution in [2.45, 2.75) is 99.0 Å². The van der Waals surface area contributed by atoms with Gasteiger partial charge in [0.05, 0.1) is 0 Å². The van der Waals surface area contributed by atoms with Crippen molar-refractivity contribution in [3.63, 3.8) is 0 Å². The summed E-state index contributed by atoms with van der Waals surface area (Å²) in [5.41, 5.74) is 0.394. The number of carbonyl (C=O) groups is 1. The normalized spacial score (nSPS) is 12.1. The van der Waals surface area contributed by atoms with E-state index in [1.807, 2.05) is 33.2 Å². The van der Waals surface area contributed by atoms with Crippen molar-refractivity contribution in [1.29, 1.82) is 0 Å². The predicted molar refractivity (Wildman–Crippen MR) is 119 cm³/mol. The van der Waals surface area contributed by atoms with Crippen LogP contribution in [0.3, 0.4) is 0 Å². The summed E-state index contributed by atoms with van der Waals surface area (Å²) in [5.74, 6) is 0. The van der Waals surface area contributed by atoms with Crippen LogP contribution in [0.5, 0.6) is 0 Å². The average Bonchev–Trinajstić information content (AvgIpc) is 2.60. The van der Waals surface area contributed by atoms with Crippen LogP contribution >= 0.6 is 0 Å². The molecule has 0 aliphatic carbocycles. The van der Waals surface area contributed by atoms with Crippen LogP contribution < -0.4 is 8.90 Å². The number of carbonyl (C=O) groups excluding carboxylic acids is 1. The molecule has 0 saturated heterocycles. The maximum absolute atomic E-state index is 12.4. The van der Waals surface area contributed by atoms with E-state index in [1.54, 1.807) is 0 Å². The predicted octanol–water partition coefficient (Wildman–Crippen LogP) is 6.48. The van der Waals surface area contributed by atoms with Crippen LogP contribution in [0.15, 0.2) is 18.5 Å². The molecule has 1 aromatic heterocycles. The summed E-state index contributed by atoms with van der Waals surface area (Å²) in [6.07, 6.45) is 10.9. The van der Waals surface area contributed by atoms with E-state index < -0.39 is 24.0 Å². The third kappa shape index (κ3) is 8.41. The van der Waals surface area contributed by atoms with Crippen LogP contribution in [0.2, 0.25) is 13.3 Å². The molecule has 0 bridgehead atoms. The number of aromatic nitrogens is 1. The van der Waals surface area contributed by atoms with Gasteiger partial charge >= 0.3 is 171 Å². The first-order valence-corrected chi connectivity index (χ1v) is 18.2. The van der Waals surface area contributed by atoms with E-state index in [2.05, 4.69) is 37.1 Å². The van der Waals surface area contributed by atoms with E-state index in [0.29, 0.717) is 0 Å². The molecule has 154 valence electrons. The quantitative estimate of drug-likeness (QED) is 0.367. The Kier molecular flexibility index (Phi) is 10.7. The van der Waals surface area contributed by atoms with Gasteiger partial charge in [0.25, 0.3) is 0 Å². The van der Waals surface area contributed by atoms with E-state index in [4.69, 9.17) is 4.74 Å². The van der Waals surface area contributed by atoms with Crippen LogP contribution in [-0.4, -0.2) is 35.1 Å². The standard InChI is InChI=1S/C10H13N2O2.3C4H9.Sn/c1-10(2,3)14-9(13)12-8-5-4-6-11-7-8;3*1-3-4-2;/h4,6-7H,1-3H3,(H,12,13);3*1,3-4H2,2H3;. The van der Waals surface area contributed by atoms with Crippen LogP contribution in [0.25, 0.3) is 0 Å². The van der Waals surface area contributed by atoms with Gasteiger partial charge in [-0.3, -0.25) is 0 Å². The average molecular weight is 483 g/mol. The van der Waals surface area contributed by atoms with Gasteiger partial charge in [-0.05, 0) is 0 Å². The van der Waals surface area contributed by atoms with Crippen LogP contribution in [0, 0.1) is 0 Å². The monoisotopic (exact) mass is 484 g/mol. The first-order chi connectivity index (χ1) is 12.8. The SMILES string of the molecule is CCC[CH2][Sn]([CH2]CCC)([CH2]CCC)[c]1ccncc1NC(=O)OC(C)(C)C. The van der Waals surface area contributed by atoms with E-state index in [0.717, 1.165) is 5.69 Å². The minimum atomic E-state index is -2.64. The number of amides is 1. The summed E-state index contributed by atoms with van der Waals surface area (Å²) < 4.78 is 11.0. The van der Waals surface area contributed by atoms with Crippen molar-refractivity contribution >= 4 is 33.7 Å². The number of rotatable bonds is 11.